The van der Waals surface area contributed by atoms with E-state index in [-0.39, 0.29) is 0 Å². The van der Waals surface area contributed by atoms with E-state index < -0.39 is 0 Å². The molecule has 1 heterocycles. The highest BCUT2D eigenvalue weighted by Gasteiger charge is 2.11. The van der Waals surface area contributed by atoms with Gasteiger partial charge >= 0.3 is 0 Å². The van der Waals surface area contributed by atoms with E-state index in [1.54, 1.807) is 11.3 Å². The monoisotopic (exact) mass is 331 g/mol. The fourth-order valence-electron chi connectivity index (χ4n) is 2.68. The first-order valence-electron chi connectivity index (χ1n) is 8.02. The number of nitrogens with zero attached hydrogens (tertiary/aromatic N) is 1. The van der Waals surface area contributed by atoms with Crippen LogP contribution < -0.4 is 4.74 Å². The van der Waals surface area contributed by atoms with E-state index in [0.29, 0.717) is 6.61 Å². The number of rotatable bonds is 5. The number of ether oxygens (including phenoxy) is 1. The highest BCUT2D eigenvalue weighted by Crippen LogP contribution is 2.35. The summed E-state index contributed by atoms with van der Waals surface area (Å²) in [5.41, 5.74) is 3.39. The van der Waals surface area contributed by atoms with Crippen LogP contribution in [0.25, 0.3) is 20.8 Å². The average Bonchev–Trinajstić information content (AvgIpc) is 3.07. The summed E-state index contributed by atoms with van der Waals surface area (Å²) in [7, 11) is 0. The minimum atomic E-state index is 0.659. The van der Waals surface area contributed by atoms with Gasteiger partial charge in [0.2, 0.25) is 0 Å². The van der Waals surface area contributed by atoms with E-state index in [9.17, 15) is 0 Å². The molecule has 0 spiro atoms. The lowest BCUT2D eigenvalue weighted by molar-refractivity contribution is 0.323. The maximum Gasteiger partial charge on any atom is 0.129 e. The van der Waals surface area contributed by atoms with Crippen molar-refractivity contribution in [3.63, 3.8) is 0 Å². The van der Waals surface area contributed by atoms with Gasteiger partial charge < -0.3 is 4.74 Å². The van der Waals surface area contributed by atoms with Crippen molar-refractivity contribution in [3.05, 3.63) is 84.4 Å². The van der Waals surface area contributed by atoms with E-state index in [0.717, 1.165) is 28.3 Å². The maximum atomic E-state index is 6.06. The van der Waals surface area contributed by atoms with Gasteiger partial charge in [-0.25, -0.2) is 4.98 Å². The molecule has 0 fully saturated rings. The Morgan fingerprint density at radius 1 is 0.792 bits per heavy atom. The van der Waals surface area contributed by atoms with Crippen LogP contribution in [0.2, 0.25) is 0 Å². The third-order valence-corrected chi connectivity index (χ3v) is 4.97. The SMILES string of the molecule is c1ccc(CCOc2ccccc2-c2nc3ccccc3s2)cc1. The molecule has 2 nitrogen and oxygen atoms in total. The molecule has 4 aromatic rings. The lowest BCUT2D eigenvalue weighted by Gasteiger charge is -2.10. The van der Waals surface area contributed by atoms with E-state index >= 15 is 0 Å². The molecule has 4 rings (SSSR count). The number of benzene rings is 3. The Balaban J connectivity index is 1.56. The van der Waals surface area contributed by atoms with Crippen LogP contribution in [0.5, 0.6) is 5.75 Å². The van der Waals surface area contributed by atoms with Crippen molar-refractivity contribution in [2.24, 2.45) is 0 Å². The molecule has 0 radical (unpaired) electrons. The van der Waals surface area contributed by atoms with Crippen LogP contribution in [0.1, 0.15) is 5.56 Å². The minimum absolute atomic E-state index is 0.659. The molecule has 0 bridgehead atoms. The summed E-state index contributed by atoms with van der Waals surface area (Å²) >= 11 is 1.70. The highest BCUT2D eigenvalue weighted by atomic mass is 32.1. The first kappa shape index (κ1) is 14.9. The van der Waals surface area contributed by atoms with Crippen LogP contribution in [-0.4, -0.2) is 11.6 Å². The van der Waals surface area contributed by atoms with Gasteiger partial charge in [-0.15, -0.1) is 11.3 Å². The van der Waals surface area contributed by atoms with Gasteiger partial charge in [-0.1, -0.05) is 54.6 Å². The van der Waals surface area contributed by atoms with Crippen LogP contribution in [0.15, 0.2) is 78.9 Å². The van der Waals surface area contributed by atoms with E-state index in [1.165, 1.54) is 10.3 Å². The topological polar surface area (TPSA) is 22.1 Å². The Morgan fingerprint density at radius 2 is 1.54 bits per heavy atom. The molecule has 118 valence electrons. The third kappa shape index (κ3) is 3.17. The van der Waals surface area contributed by atoms with Crippen LogP contribution >= 0.6 is 11.3 Å². The number of aromatic nitrogens is 1. The standard InChI is InChI=1S/C21H17NOS/c1-2-8-16(9-3-1)14-15-23-19-12-6-4-10-17(19)21-22-18-11-5-7-13-20(18)24-21/h1-13H,14-15H2. The van der Waals surface area contributed by atoms with Gasteiger partial charge in [-0.3, -0.25) is 0 Å². The summed E-state index contributed by atoms with van der Waals surface area (Å²) in [5, 5.41) is 1.01. The highest BCUT2D eigenvalue weighted by molar-refractivity contribution is 7.21. The van der Waals surface area contributed by atoms with Crippen LogP contribution in [0.3, 0.4) is 0 Å². The molecule has 0 N–H and O–H groups in total. The molecule has 3 aromatic carbocycles. The Hall–Kier alpha value is -2.65. The Morgan fingerprint density at radius 3 is 2.42 bits per heavy atom. The van der Waals surface area contributed by atoms with Crippen LogP contribution in [0, 0.1) is 0 Å². The van der Waals surface area contributed by atoms with Crippen LogP contribution in [0.4, 0.5) is 0 Å². The number of hydrogen-bond acceptors (Lipinski definition) is 3. The molecule has 0 saturated carbocycles. The number of para-hydroxylation sites is 2. The zero-order chi connectivity index (χ0) is 16.2. The quantitative estimate of drug-likeness (QED) is 0.476. The summed E-state index contributed by atoms with van der Waals surface area (Å²) < 4.78 is 7.26. The Labute approximate surface area is 145 Å². The molecule has 0 unspecified atom stereocenters. The minimum Gasteiger partial charge on any atom is -0.493 e. The van der Waals surface area contributed by atoms with Gasteiger partial charge in [0, 0.05) is 6.42 Å². The average molecular weight is 331 g/mol. The van der Waals surface area contributed by atoms with Crippen molar-refractivity contribution in [1.29, 1.82) is 0 Å². The van der Waals surface area contributed by atoms with Gasteiger partial charge in [0.15, 0.2) is 0 Å². The molecule has 24 heavy (non-hydrogen) atoms. The molecule has 0 aliphatic heterocycles. The largest absolute Gasteiger partial charge is 0.493 e. The van der Waals surface area contributed by atoms with Gasteiger partial charge in [0.05, 0.1) is 22.4 Å². The Kier molecular flexibility index (Phi) is 4.26. The number of hydrogen-bond donors (Lipinski definition) is 0. The molecule has 0 aliphatic rings. The normalized spacial score (nSPS) is 10.8. The lowest BCUT2D eigenvalue weighted by atomic mass is 10.1. The summed E-state index contributed by atoms with van der Waals surface area (Å²) in [6, 6.07) is 26.8. The smallest absolute Gasteiger partial charge is 0.129 e. The predicted octanol–water partition coefficient (Wildman–Crippen LogP) is 5.58. The molecular formula is C21H17NOS. The first-order valence-corrected chi connectivity index (χ1v) is 8.83. The third-order valence-electron chi connectivity index (χ3n) is 3.90. The number of thiazole rings is 1. The fraction of sp³-hybridized carbons (Fsp3) is 0.0952. The molecule has 3 heteroatoms. The van der Waals surface area contributed by atoms with Crippen LogP contribution in [-0.2, 0) is 6.42 Å². The zero-order valence-electron chi connectivity index (χ0n) is 13.2. The second-order valence-electron chi connectivity index (χ2n) is 5.57. The van der Waals surface area contributed by atoms with Crippen molar-refractivity contribution in [2.75, 3.05) is 6.61 Å². The van der Waals surface area contributed by atoms with Crippen molar-refractivity contribution >= 4 is 21.6 Å². The second-order valence-corrected chi connectivity index (χ2v) is 6.60. The molecule has 0 aliphatic carbocycles. The summed E-state index contributed by atoms with van der Waals surface area (Å²) in [4.78, 5) is 4.75. The molecule has 0 atom stereocenters. The Bertz CT molecular complexity index is 913. The predicted molar refractivity (Wildman–Crippen MR) is 101 cm³/mol. The summed E-state index contributed by atoms with van der Waals surface area (Å²) in [6.07, 6.45) is 0.898. The first-order chi connectivity index (χ1) is 11.9. The van der Waals surface area contributed by atoms with Crippen molar-refractivity contribution < 1.29 is 4.74 Å². The summed E-state index contributed by atoms with van der Waals surface area (Å²) in [5.74, 6) is 0.896. The van der Waals surface area contributed by atoms with E-state index in [2.05, 4.69) is 36.4 Å². The molecular weight excluding hydrogens is 314 g/mol. The molecule has 1 aromatic heterocycles. The van der Waals surface area contributed by atoms with E-state index in [4.69, 9.17) is 9.72 Å². The second kappa shape index (κ2) is 6.85. The van der Waals surface area contributed by atoms with Gasteiger partial charge in [-0.2, -0.15) is 0 Å². The maximum absolute atomic E-state index is 6.06. The summed E-state index contributed by atoms with van der Waals surface area (Å²) in [6.45, 7) is 0.659. The molecule has 0 amide bonds. The van der Waals surface area contributed by atoms with Crippen molar-refractivity contribution in [3.8, 4) is 16.3 Å². The zero-order valence-corrected chi connectivity index (χ0v) is 14.0. The lowest BCUT2D eigenvalue weighted by Crippen LogP contribution is -2.02. The van der Waals surface area contributed by atoms with Gasteiger partial charge in [0.25, 0.3) is 0 Å². The van der Waals surface area contributed by atoms with Gasteiger partial charge in [-0.05, 0) is 29.8 Å². The molecule has 0 saturated heterocycles. The van der Waals surface area contributed by atoms with Crippen molar-refractivity contribution in [2.45, 2.75) is 6.42 Å². The van der Waals surface area contributed by atoms with Crippen molar-refractivity contribution in [1.82, 2.24) is 4.98 Å². The fourth-order valence-corrected chi connectivity index (χ4v) is 3.68. The number of fused-ring (bicyclic) bond motifs is 1. The van der Waals surface area contributed by atoms with Gasteiger partial charge in [0.1, 0.15) is 10.8 Å². The van der Waals surface area contributed by atoms with E-state index in [1.807, 2.05) is 42.5 Å².